The van der Waals surface area contributed by atoms with Crippen molar-refractivity contribution in [3.63, 3.8) is 0 Å². The maximum Gasteiger partial charge on any atom is 0.139 e. The Kier molecular flexibility index (Phi) is 3.14. The Balaban J connectivity index is 1.92. The summed E-state index contributed by atoms with van der Waals surface area (Å²) in [5.74, 6) is 2.73. The molecule has 98 valence electrons. The summed E-state index contributed by atoms with van der Waals surface area (Å²) in [6.45, 7) is 1.94. The molecule has 3 N–H and O–H groups in total. The first-order valence-electron chi connectivity index (χ1n) is 6.30. The molecule has 0 unspecified atom stereocenters. The van der Waals surface area contributed by atoms with Crippen LogP contribution < -0.4 is 11.1 Å². The monoisotopic (exact) mass is 318 g/mol. The smallest absolute Gasteiger partial charge is 0.139 e. The van der Waals surface area contributed by atoms with Gasteiger partial charge in [0.15, 0.2) is 0 Å². The molecule has 0 radical (unpaired) electrons. The molecular formula is C14H15BrN4. The Bertz CT molecular complexity index is 606. The zero-order chi connectivity index (χ0) is 13.4. The van der Waals surface area contributed by atoms with Crippen LogP contribution in [0.3, 0.4) is 0 Å². The highest BCUT2D eigenvalue weighted by Crippen LogP contribution is 2.39. The zero-order valence-electron chi connectivity index (χ0n) is 10.7. The molecule has 0 saturated heterocycles. The first-order chi connectivity index (χ1) is 9.13. The molecule has 0 spiro atoms. The normalized spacial score (nSPS) is 14.4. The van der Waals surface area contributed by atoms with E-state index in [0.717, 1.165) is 27.4 Å². The molecule has 1 heterocycles. The van der Waals surface area contributed by atoms with Gasteiger partial charge in [-0.15, -0.1) is 0 Å². The van der Waals surface area contributed by atoms with Crippen molar-refractivity contribution in [1.29, 1.82) is 0 Å². The third-order valence-corrected chi connectivity index (χ3v) is 3.78. The van der Waals surface area contributed by atoms with Crippen molar-refractivity contribution in [2.75, 3.05) is 11.1 Å². The second kappa shape index (κ2) is 4.81. The van der Waals surface area contributed by atoms with E-state index in [1.165, 1.54) is 12.8 Å². The lowest BCUT2D eigenvalue weighted by molar-refractivity contribution is 0.928. The number of nitrogens with one attached hydrogen (secondary N) is 1. The maximum absolute atomic E-state index is 5.97. The fourth-order valence-corrected chi connectivity index (χ4v) is 2.13. The van der Waals surface area contributed by atoms with Crippen molar-refractivity contribution in [3.8, 4) is 0 Å². The summed E-state index contributed by atoms with van der Waals surface area (Å²) in [6.07, 6.45) is 2.33. The molecule has 1 aliphatic rings. The van der Waals surface area contributed by atoms with Crippen molar-refractivity contribution in [1.82, 2.24) is 9.97 Å². The first kappa shape index (κ1) is 12.4. The van der Waals surface area contributed by atoms with Gasteiger partial charge in [-0.05, 0) is 44.0 Å². The number of nitrogens with zero attached hydrogens (tertiary/aromatic N) is 2. The van der Waals surface area contributed by atoms with E-state index in [1.54, 1.807) is 0 Å². The van der Waals surface area contributed by atoms with Gasteiger partial charge in [0, 0.05) is 21.6 Å². The fourth-order valence-electron chi connectivity index (χ4n) is 1.87. The highest BCUT2D eigenvalue weighted by molar-refractivity contribution is 9.10. The lowest BCUT2D eigenvalue weighted by Crippen LogP contribution is -2.06. The second-order valence-corrected chi connectivity index (χ2v) is 5.76. The lowest BCUT2D eigenvalue weighted by atomic mass is 10.2. The van der Waals surface area contributed by atoms with Crippen LogP contribution in [0.4, 0.5) is 17.3 Å². The molecule has 0 aliphatic heterocycles. The first-order valence-corrected chi connectivity index (χ1v) is 7.09. The quantitative estimate of drug-likeness (QED) is 0.904. The molecule has 1 aromatic heterocycles. The van der Waals surface area contributed by atoms with Gasteiger partial charge in [0.1, 0.15) is 17.5 Å². The van der Waals surface area contributed by atoms with Crippen LogP contribution in [0.2, 0.25) is 0 Å². The van der Waals surface area contributed by atoms with E-state index >= 15 is 0 Å². The van der Waals surface area contributed by atoms with Crippen LogP contribution in [0.15, 0.2) is 28.7 Å². The average Bonchev–Trinajstić information content (AvgIpc) is 3.21. The van der Waals surface area contributed by atoms with Crippen LogP contribution in [0.25, 0.3) is 0 Å². The minimum atomic E-state index is 0.494. The molecule has 1 fully saturated rings. The molecule has 0 bridgehead atoms. The summed E-state index contributed by atoms with van der Waals surface area (Å²) in [5.41, 5.74) is 7.85. The standard InChI is InChI=1S/C14H15BrN4/c1-8-12(16)18-14(9-2-3-9)19-13(8)17-11-6-4-10(15)5-7-11/h4-7,9H,2-3H2,1H3,(H3,16,17,18,19). The molecule has 3 rings (SSSR count). The summed E-state index contributed by atoms with van der Waals surface area (Å²) in [7, 11) is 0. The van der Waals surface area contributed by atoms with E-state index in [2.05, 4.69) is 31.2 Å². The molecule has 1 aliphatic carbocycles. The van der Waals surface area contributed by atoms with Crippen LogP contribution in [-0.2, 0) is 0 Å². The number of nitrogens with two attached hydrogens (primary N) is 1. The van der Waals surface area contributed by atoms with Gasteiger partial charge in [-0.2, -0.15) is 0 Å². The van der Waals surface area contributed by atoms with Crippen LogP contribution in [0, 0.1) is 6.92 Å². The average molecular weight is 319 g/mol. The summed E-state index contributed by atoms with van der Waals surface area (Å²) in [4.78, 5) is 8.97. The highest BCUT2D eigenvalue weighted by Gasteiger charge is 2.27. The van der Waals surface area contributed by atoms with Gasteiger partial charge in [-0.3, -0.25) is 0 Å². The molecule has 0 atom stereocenters. The number of nitrogen functional groups attached to an aromatic ring is 1. The van der Waals surface area contributed by atoms with E-state index in [9.17, 15) is 0 Å². The second-order valence-electron chi connectivity index (χ2n) is 4.85. The van der Waals surface area contributed by atoms with Gasteiger partial charge in [-0.25, -0.2) is 9.97 Å². The Labute approximate surface area is 120 Å². The fraction of sp³-hybridized carbons (Fsp3) is 0.286. The molecule has 1 aromatic carbocycles. The van der Waals surface area contributed by atoms with E-state index in [1.807, 2.05) is 31.2 Å². The molecular weight excluding hydrogens is 304 g/mol. The predicted octanol–water partition coefficient (Wildman–Crippen LogP) is 3.75. The van der Waals surface area contributed by atoms with E-state index < -0.39 is 0 Å². The largest absolute Gasteiger partial charge is 0.383 e. The topological polar surface area (TPSA) is 63.8 Å². The van der Waals surface area contributed by atoms with Gasteiger partial charge >= 0.3 is 0 Å². The van der Waals surface area contributed by atoms with Crippen molar-refractivity contribution >= 4 is 33.3 Å². The van der Waals surface area contributed by atoms with E-state index in [4.69, 9.17) is 5.73 Å². The van der Waals surface area contributed by atoms with Crippen molar-refractivity contribution in [2.45, 2.75) is 25.7 Å². The zero-order valence-corrected chi connectivity index (χ0v) is 12.2. The molecule has 4 nitrogen and oxygen atoms in total. The minimum absolute atomic E-state index is 0.494. The van der Waals surface area contributed by atoms with E-state index in [0.29, 0.717) is 11.7 Å². The predicted molar refractivity (Wildman–Crippen MR) is 80.6 cm³/mol. The molecule has 2 aromatic rings. The molecule has 1 saturated carbocycles. The van der Waals surface area contributed by atoms with E-state index in [-0.39, 0.29) is 0 Å². The van der Waals surface area contributed by atoms with Gasteiger partial charge in [-0.1, -0.05) is 15.9 Å². The Morgan fingerprint density at radius 1 is 1.21 bits per heavy atom. The van der Waals surface area contributed by atoms with Crippen LogP contribution in [-0.4, -0.2) is 9.97 Å². The third kappa shape index (κ3) is 2.71. The highest BCUT2D eigenvalue weighted by atomic mass is 79.9. The van der Waals surface area contributed by atoms with Gasteiger partial charge in [0.2, 0.25) is 0 Å². The number of anilines is 3. The van der Waals surface area contributed by atoms with Crippen LogP contribution in [0.5, 0.6) is 0 Å². The van der Waals surface area contributed by atoms with Crippen molar-refractivity contribution < 1.29 is 0 Å². The minimum Gasteiger partial charge on any atom is -0.383 e. The molecule has 19 heavy (non-hydrogen) atoms. The Hall–Kier alpha value is -1.62. The SMILES string of the molecule is Cc1c(N)nc(C2CC2)nc1Nc1ccc(Br)cc1. The van der Waals surface area contributed by atoms with Gasteiger partial charge < -0.3 is 11.1 Å². The summed E-state index contributed by atoms with van der Waals surface area (Å²) in [5, 5.41) is 3.31. The van der Waals surface area contributed by atoms with Gasteiger partial charge in [0.25, 0.3) is 0 Å². The molecule has 0 amide bonds. The number of rotatable bonds is 3. The number of hydrogen-bond donors (Lipinski definition) is 2. The number of aromatic nitrogens is 2. The molecule has 5 heteroatoms. The third-order valence-electron chi connectivity index (χ3n) is 3.25. The van der Waals surface area contributed by atoms with Crippen molar-refractivity contribution in [3.05, 3.63) is 40.1 Å². The van der Waals surface area contributed by atoms with Crippen LogP contribution >= 0.6 is 15.9 Å². The van der Waals surface area contributed by atoms with Gasteiger partial charge in [0.05, 0.1) is 0 Å². The van der Waals surface area contributed by atoms with Crippen molar-refractivity contribution in [2.24, 2.45) is 0 Å². The Morgan fingerprint density at radius 2 is 1.89 bits per heavy atom. The number of benzene rings is 1. The maximum atomic E-state index is 5.97. The number of hydrogen-bond acceptors (Lipinski definition) is 4. The van der Waals surface area contributed by atoms with Crippen LogP contribution in [0.1, 0.15) is 30.1 Å². The number of halogens is 1. The Morgan fingerprint density at radius 3 is 2.53 bits per heavy atom. The summed E-state index contributed by atoms with van der Waals surface area (Å²) in [6, 6.07) is 7.98. The summed E-state index contributed by atoms with van der Waals surface area (Å²) >= 11 is 3.42. The summed E-state index contributed by atoms with van der Waals surface area (Å²) < 4.78 is 1.05. The lowest BCUT2D eigenvalue weighted by Gasteiger charge is -2.12.